The van der Waals surface area contributed by atoms with E-state index in [-0.39, 0.29) is 41.0 Å². The number of carbonyl (C=O) groups excluding carboxylic acids is 4. The highest BCUT2D eigenvalue weighted by molar-refractivity contribution is 6.39. The molecule has 2 amide bonds. The molecule has 3 N–H and O–H groups in total. The molecule has 0 saturated heterocycles. The molecular formula is C35H35Cl2N3O9. The lowest BCUT2D eigenvalue weighted by atomic mass is 9.84. The van der Waals surface area contributed by atoms with Gasteiger partial charge in [0.1, 0.15) is 12.6 Å². The van der Waals surface area contributed by atoms with Crippen LogP contribution in [0.3, 0.4) is 0 Å². The maximum Gasteiger partial charge on any atom is 0.408 e. The second-order valence-corrected chi connectivity index (χ2v) is 12.5. The number of carboxylic acid groups (broad SMARTS) is 1. The first-order chi connectivity index (χ1) is 23.4. The van der Waals surface area contributed by atoms with Crippen molar-refractivity contribution in [2.75, 3.05) is 6.61 Å². The standard InChI is InChI=1S/C35H35Cl2N3O9/c1-21(2)31(39-34(46)48-19-23-12-7-4-8-13-23)27-18-35(49-40-27,17-22-10-5-3-6-11-22)33(45)38-26(16-29(42)43)28(41)20-47-32(44)30-24(36)14-9-15-25(30)37/h3-15,21,26,31H,16-20H2,1-2H3,(H,38,45)(H,39,46)(H,42,43)/t26-,31?,35?/m0/s1. The van der Waals surface area contributed by atoms with E-state index in [9.17, 15) is 29.1 Å². The van der Waals surface area contributed by atoms with Crippen LogP contribution in [0, 0.1) is 5.92 Å². The number of carbonyl (C=O) groups is 5. The Labute approximate surface area is 292 Å². The Morgan fingerprint density at radius 2 is 1.49 bits per heavy atom. The van der Waals surface area contributed by atoms with Crippen LogP contribution in [-0.2, 0) is 41.7 Å². The average molecular weight is 713 g/mol. The van der Waals surface area contributed by atoms with Crippen LogP contribution < -0.4 is 10.6 Å². The number of alkyl carbamates (subject to hydrolysis) is 1. The smallest absolute Gasteiger partial charge is 0.408 e. The molecule has 1 aliphatic rings. The number of halogens is 2. The molecule has 258 valence electrons. The molecule has 3 atom stereocenters. The zero-order chi connectivity index (χ0) is 35.6. The lowest BCUT2D eigenvalue weighted by Crippen LogP contribution is -2.55. The maximum atomic E-state index is 14.0. The molecule has 4 rings (SSSR count). The van der Waals surface area contributed by atoms with Gasteiger partial charge in [0.2, 0.25) is 5.60 Å². The number of hydrogen-bond donors (Lipinski definition) is 3. The number of oxime groups is 1. The Morgan fingerprint density at radius 1 is 0.878 bits per heavy atom. The molecular weight excluding hydrogens is 677 g/mol. The first-order valence-electron chi connectivity index (χ1n) is 15.3. The third kappa shape index (κ3) is 10.0. The van der Waals surface area contributed by atoms with Gasteiger partial charge in [0.15, 0.2) is 12.4 Å². The fourth-order valence-electron chi connectivity index (χ4n) is 5.13. The predicted octanol–water partition coefficient (Wildman–Crippen LogP) is 5.39. The van der Waals surface area contributed by atoms with Crippen molar-refractivity contribution in [1.82, 2.24) is 10.6 Å². The zero-order valence-corrected chi connectivity index (χ0v) is 28.2. The van der Waals surface area contributed by atoms with Crippen LogP contribution in [-0.4, -0.2) is 64.8 Å². The Balaban J connectivity index is 1.50. The van der Waals surface area contributed by atoms with Gasteiger partial charge in [-0.1, -0.05) is 109 Å². The number of ether oxygens (including phenoxy) is 2. The number of esters is 1. The van der Waals surface area contributed by atoms with Gasteiger partial charge in [-0.2, -0.15) is 0 Å². The summed E-state index contributed by atoms with van der Waals surface area (Å²) in [7, 11) is 0. The highest BCUT2D eigenvalue weighted by atomic mass is 35.5. The summed E-state index contributed by atoms with van der Waals surface area (Å²) in [6.45, 7) is 2.86. The van der Waals surface area contributed by atoms with Gasteiger partial charge in [-0.25, -0.2) is 9.59 Å². The van der Waals surface area contributed by atoms with Crippen LogP contribution in [0.5, 0.6) is 0 Å². The fourth-order valence-corrected chi connectivity index (χ4v) is 5.68. The second-order valence-electron chi connectivity index (χ2n) is 11.7. The summed E-state index contributed by atoms with van der Waals surface area (Å²) in [5.74, 6) is -4.33. The zero-order valence-electron chi connectivity index (χ0n) is 26.7. The summed E-state index contributed by atoms with van der Waals surface area (Å²) in [6, 6.07) is 20.1. The molecule has 0 fully saturated rings. The van der Waals surface area contributed by atoms with E-state index in [4.69, 9.17) is 37.5 Å². The topological polar surface area (TPSA) is 170 Å². The number of carboxylic acids is 1. The second kappa shape index (κ2) is 16.9. The van der Waals surface area contributed by atoms with E-state index >= 15 is 0 Å². The van der Waals surface area contributed by atoms with Crippen LogP contribution >= 0.6 is 23.2 Å². The molecule has 3 aromatic rings. The normalized spacial score (nSPS) is 16.5. The van der Waals surface area contributed by atoms with Gasteiger partial charge < -0.3 is 30.1 Å². The molecule has 0 aromatic heterocycles. The fraction of sp³-hybridized carbons (Fsp3) is 0.314. The van der Waals surface area contributed by atoms with E-state index in [1.54, 1.807) is 30.3 Å². The summed E-state index contributed by atoms with van der Waals surface area (Å²) in [6.07, 6.45) is -1.63. The monoisotopic (exact) mass is 711 g/mol. The van der Waals surface area contributed by atoms with Crippen molar-refractivity contribution < 1.29 is 43.4 Å². The first-order valence-corrected chi connectivity index (χ1v) is 16.1. The molecule has 0 bridgehead atoms. The molecule has 14 heteroatoms. The molecule has 1 aliphatic heterocycles. The largest absolute Gasteiger partial charge is 0.481 e. The molecule has 0 aliphatic carbocycles. The summed E-state index contributed by atoms with van der Waals surface area (Å²) in [5.41, 5.74) is -0.0631. The molecule has 12 nitrogen and oxygen atoms in total. The Kier molecular flexibility index (Phi) is 12.8. The van der Waals surface area contributed by atoms with Crippen molar-refractivity contribution in [3.05, 3.63) is 106 Å². The molecule has 0 spiro atoms. The number of hydrogen-bond acceptors (Lipinski definition) is 9. The number of Topliss-reactive ketones (excluding diaryl/α,β-unsaturated/α-hetero) is 1. The number of nitrogens with one attached hydrogen (secondary N) is 2. The van der Waals surface area contributed by atoms with Gasteiger partial charge in [0, 0.05) is 12.8 Å². The van der Waals surface area contributed by atoms with Crippen molar-refractivity contribution in [2.45, 2.75) is 57.4 Å². The third-order valence-electron chi connectivity index (χ3n) is 7.65. The minimum Gasteiger partial charge on any atom is -0.481 e. The number of amides is 2. The maximum absolute atomic E-state index is 14.0. The highest BCUT2D eigenvalue weighted by Crippen LogP contribution is 2.32. The highest BCUT2D eigenvalue weighted by Gasteiger charge is 2.49. The predicted molar refractivity (Wildman–Crippen MR) is 180 cm³/mol. The van der Waals surface area contributed by atoms with Crippen molar-refractivity contribution in [1.29, 1.82) is 0 Å². The van der Waals surface area contributed by atoms with Gasteiger partial charge in [0.25, 0.3) is 5.91 Å². The molecule has 49 heavy (non-hydrogen) atoms. The lowest BCUT2D eigenvalue weighted by molar-refractivity contribution is -0.148. The molecule has 3 aromatic carbocycles. The van der Waals surface area contributed by atoms with Gasteiger partial charge in [-0.15, -0.1) is 0 Å². The minimum absolute atomic E-state index is 0.00368. The molecule has 0 radical (unpaired) electrons. The first kappa shape index (κ1) is 36.9. The van der Waals surface area contributed by atoms with E-state index in [1.165, 1.54) is 18.2 Å². The molecule has 1 heterocycles. The van der Waals surface area contributed by atoms with E-state index in [0.29, 0.717) is 11.3 Å². The Morgan fingerprint density at radius 3 is 2.08 bits per heavy atom. The Bertz CT molecular complexity index is 1680. The minimum atomic E-state index is -1.72. The van der Waals surface area contributed by atoms with Crippen molar-refractivity contribution in [3.8, 4) is 0 Å². The van der Waals surface area contributed by atoms with Crippen LogP contribution in [0.4, 0.5) is 4.79 Å². The quantitative estimate of drug-likeness (QED) is 0.175. The summed E-state index contributed by atoms with van der Waals surface area (Å²) >= 11 is 12.1. The number of ketones is 1. The number of benzene rings is 3. The summed E-state index contributed by atoms with van der Waals surface area (Å²) in [4.78, 5) is 70.2. The summed E-state index contributed by atoms with van der Waals surface area (Å²) in [5, 5.41) is 19.1. The van der Waals surface area contributed by atoms with E-state index in [0.717, 1.165) is 5.56 Å². The van der Waals surface area contributed by atoms with Gasteiger partial charge in [-0.05, 0) is 29.2 Å². The number of nitrogens with zero attached hydrogens (tertiary/aromatic N) is 1. The van der Waals surface area contributed by atoms with Crippen LogP contribution in [0.25, 0.3) is 0 Å². The SMILES string of the molecule is CC(C)C(NC(=O)OCc1ccccc1)C1=NOC(Cc2ccccc2)(C(=O)N[C@@H](CC(=O)O)C(=O)COC(=O)c2c(Cl)cccc2Cl)C1. The van der Waals surface area contributed by atoms with Crippen molar-refractivity contribution in [3.63, 3.8) is 0 Å². The Hall–Kier alpha value is -4.94. The van der Waals surface area contributed by atoms with Gasteiger partial charge in [0.05, 0.1) is 33.8 Å². The van der Waals surface area contributed by atoms with E-state index in [1.807, 2.05) is 44.2 Å². The van der Waals surface area contributed by atoms with Crippen molar-refractivity contribution in [2.24, 2.45) is 11.1 Å². The number of rotatable bonds is 15. The van der Waals surface area contributed by atoms with E-state index in [2.05, 4.69) is 15.8 Å². The van der Waals surface area contributed by atoms with Crippen LogP contribution in [0.1, 0.15) is 48.2 Å². The average Bonchev–Trinajstić information content (AvgIpc) is 3.50. The molecule has 2 unspecified atom stereocenters. The number of aliphatic carboxylic acids is 1. The van der Waals surface area contributed by atoms with Crippen LogP contribution in [0.15, 0.2) is 84.0 Å². The van der Waals surface area contributed by atoms with E-state index < -0.39 is 60.4 Å². The van der Waals surface area contributed by atoms with Crippen LogP contribution in [0.2, 0.25) is 10.0 Å². The van der Waals surface area contributed by atoms with Gasteiger partial charge in [-0.3, -0.25) is 14.4 Å². The van der Waals surface area contributed by atoms with Gasteiger partial charge >= 0.3 is 18.0 Å². The lowest BCUT2D eigenvalue weighted by Gasteiger charge is -2.29. The summed E-state index contributed by atoms with van der Waals surface area (Å²) < 4.78 is 10.5. The third-order valence-corrected chi connectivity index (χ3v) is 8.28. The van der Waals surface area contributed by atoms with Crippen molar-refractivity contribution >= 4 is 58.6 Å². The molecule has 0 saturated carbocycles.